The van der Waals surface area contributed by atoms with Gasteiger partial charge >= 0.3 is 0 Å². The number of carbonyl (C=O) groups excluding carboxylic acids is 2. The maximum Gasteiger partial charge on any atom is 0.287 e. The van der Waals surface area contributed by atoms with Gasteiger partial charge in [0.05, 0.1) is 13.3 Å². The van der Waals surface area contributed by atoms with Crippen LogP contribution in [0.15, 0.2) is 76.8 Å². The van der Waals surface area contributed by atoms with Crippen LogP contribution < -0.4 is 15.5 Å². The smallest absolute Gasteiger partial charge is 0.287 e. The molecule has 2 aromatic carbocycles. The number of ether oxygens (including phenoxy) is 1. The fraction of sp³-hybridized carbons (Fsp3) is 0.0455. The van der Waals surface area contributed by atoms with Crippen LogP contribution >= 0.6 is 11.3 Å². The van der Waals surface area contributed by atoms with E-state index in [9.17, 15) is 14.7 Å². The van der Waals surface area contributed by atoms with Crippen molar-refractivity contribution in [2.24, 2.45) is 5.10 Å². The Morgan fingerprint density at radius 2 is 1.90 bits per heavy atom. The first-order valence-corrected chi connectivity index (χ1v) is 9.77. The molecule has 152 valence electrons. The zero-order chi connectivity index (χ0) is 21.3. The highest BCUT2D eigenvalue weighted by atomic mass is 32.1. The van der Waals surface area contributed by atoms with E-state index in [4.69, 9.17) is 4.74 Å². The minimum absolute atomic E-state index is 0.0406. The fourth-order valence-corrected chi connectivity index (χ4v) is 3.13. The first kappa shape index (κ1) is 20.8. The van der Waals surface area contributed by atoms with Crippen LogP contribution in [0.3, 0.4) is 0 Å². The predicted octanol–water partition coefficient (Wildman–Crippen LogP) is 3.38. The predicted molar refractivity (Wildman–Crippen MR) is 117 cm³/mol. The number of carbonyl (C=O) groups is 2. The van der Waals surface area contributed by atoms with Crippen molar-refractivity contribution >= 4 is 35.4 Å². The van der Waals surface area contributed by atoms with Crippen LogP contribution in [-0.2, 0) is 4.79 Å². The minimum Gasteiger partial charge on any atom is -0.504 e. The number of methoxy groups -OCH3 is 1. The largest absolute Gasteiger partial charge is 0.504 e. The number of phenolic OH excluding ortho intramolecular Hbond substituents is 1. The number of amides is 2. The Morgan fingerprint density at radius 3 is 2.57 bits per heavy atom. The summed E-state index contributed by atoms with van der Waals surface area (Å²) in [5.74, 6) is -0.693. The molecule has 0 fully saturated rings. The van der Waals surface area contributed by atoms with E-state index in [1.807, 2.05) is 17.5 Å². The van der Waals surface area contributed by atoms with Crippen LogP contribution in [-0.4, -0.2) is 30.2 Å². The molecular weight excluding hydrogens is 402 g/mol. The molecule has 3 aromatic rings. The lowest BCUT2D eigenvalue weighted by molar-refractivity contribution is -0.117. The summed E-state index contributed by atoms with van der Waals surface area (Å²) in [5.41, 5.74) is 3.44. The SMILES string of the molecule is COc1ccc(/C=N/NC(=O)/C(=C\c2cccs2)NC(=O)c2ccccc2)cc1O. The Balaban J connectivity index is 1.73. The van der Waals surface area contributed by atoms with Gasteiger partial charge in [-0.05, 0) is 53.4 Å². The molecule has 2 amide bonds. The van der Waals surface area contributed by atoms with Crippen molar-refractivity contribution in [3.8, 4) is 11.5 Å². The van der Waals surface area contributed by atoms with Crippen LogP contribution in [0, 0.1) is 0 Å². The molecule has 0 bridgehead atoms. The van der Waals surface area contributed by atoms with E-state index in [1.54, 1.807) is 48.5 Å². The summed E-state index contributed by atoms with van der Waals surface area (Å²) in [6.07, 6.45) is 2.95. The normalized spacial score (nSPS) is 11.3. The third-order valence-electron chi connectivity index (χ3n) is 3.94. The Bertz CT molecular complexity index is 1080. The van der Waals surface area contributed by atoms with Gasteiger partial charge in [-0.15, -0.1) is 11.3 Å². The molecule has 0 aliphatic carbocycles. The van der Waals surface area contributed by atoms with Gasteiger partial charge in [0.2, 0.25) is 0 Å². The van der Waals surface area contributed by atoms with Crippen molar-refractivity contribution in [2.75, 3.05) is 7.11 Å². The number of rotatable bonds is 7. The number of phenols is 1. The van der Waals surface area contributed by atoms with Gasteiger partial charge in [0.1, 0.15) is 5.70 Å². The van der Waals surface area contributed by atoms with E-state index in [0.29, 0.717) is 16.9 Å². The summed E-state index contributed by atoms with van der Waals surface area (Å²) >= 11 is 1.43. The molecule has 0 radical (unpaired) electrons. The van der Waals surface area contributed by atoms with Crippen LogP contribution in [0.1, 0.15) is 20.8 Å². The van der Waals surface area contributed by atoms with Crippen LogP contribution in [0.4, 0.5) is 0 Å². The molecule has 0 saturated carbocycles. The second-order valence-corrected chi connectivity index (χ2v) is 7.00. The maximum absolute atomic E-state index is 12.6. The van der Waals surface area contributed by atoms with Crippen molar-refractivity contribution in [1.29, 1.82) is 0 Å². The molecule has 0 unspecified atom stereocenters. The number of aromatic hydroxyl groups is 1. The van der Waals surface area contributed by atoms with Gasteiger partial charge in [-0.25, -0.2) is 5.43 Å². The number of nitrogens with zero attached hydrogens (tertiary/aromatic N) is 1. The second kappa shape index (κ2) is 10.0. The molecule has 30 heavy (non-hydrogen) atoms. The van der Waals surface area contributed by atoms with Crippen molar-refractivity contribution < 1.29 is 19.4 Å². The third kappa shape index (κ3) is 5.55. The van der Waals surface area contributed by atoms with Crippen LogP contribution in [0.2, 0.25) is 0 Å². The average Bonchev–Trinajstić information content (AvgIpc) is 3.27. The molecule has 0 atom stereocenters. The highest BCUT2D eigenvalue weighted by Gasteiger charge is 2.14. The van der Waals surface area contributed by atoms with Gasteiger partial charge in [-0.3, -0.25) is 9.59 Å². The van der Waals surface area contributed by atoms with Crippen molar-refractivity contribution in [3.63, 3.8) is 0 Å². The Kier molecular flexibility index (Phi) is 6.96. The first-order chi connectivity index (χ1) is 14.6. The minimum atomic E-state index is -0.582. The summed E-state index contributed by atoms with van der Waals surface area (Å²) in [6, 6.07) is 17.0. The highest BCUT2D eigenvalue weighted by Crippen LogP contribution is 2.25. The molecule has 1 heterocycles. The zero-order valence-electron chi connectivity index (χ0n) is 16.0. The summed E-state index contributed by atoms with van der Waals surface area (Å²) in [5, 5.41) is 18.2. The van der Waals surface area contributed by atoms with Crippen LogP contribution in [0.25, 0.3) is 6.08 Å². The summed E-state index contributed by atoms with van der Waals surface area (Å²) in [4.78, 5) is 25.9. The molecule has 3 rings (SSSR count). The molecule has 0 saturated heterocycles. The van der Waals surface area contributed by atoms with E-state index >= 15 is 0 Å². The topological polar surface area (TPSA) is 100 Å². The van der Waals surface area contributed by atoms with Gasteiger partial charge in [-0.2, -0.15) is 5.10 Å². The molecule has 0 aliphatic rings. The van der Waals surface area contributed by atoms with E-state index in [0.717, 1.165) is 4.88 Å². The monoisotopic (exact) mass is 421 g/mol. The summed E-state index contributed by atoms with van der Waals surface area (Å²) in [6.45, 7) is 0. The summed E-state index contributed by atoms with van der Waals surface area (Å²) in [7, 11) is 1.45. The average molecular weight is 421 g/mol. The third-order valence-corrected chi connectivity index (χ3v) is 4.76. The van der Waals surface area contributed by atoms with Gasteiger partial charge < -0.3 is 15.2 Å². The van der Waals surface area contributed by atoms with Crippen LogP contribution in [0.5, 0.6) is 11.5 Å². The maximum atomic E-state index is 12.6. The molecule has 3 N–H and O–H groups in total. The Labute approximate surface area is 177 Å². The molecule has 8 heteroatoms. The molecular formula is C22H19N3O4S. The fourth-order valence-electron chi connectivity index (χ4n) is 2.47. The van der Waals surface area contributed by atoms with Crippen molar-refractivity contribution in [1.82, 2.24) is 10.7 Å². The van der Waals surface area contributed by atoms with Crippen molar-refractivity contribution in [3.05, 3.63) is 87.7 Å². The number of hydrogen-bond acceptors (Lipinski definition) is 6. The van der Waals surface area contributed by atoms with Gasteiger partial charge in [0, 0.05) is 10.4 Å². The molecule has 0 aliphatic heterocycles. The lowest BCUT2D eigenvalue weighted by atomic mass is 10.2. The number of hydrazone groups is 1. The van der Waals surface area contributed by atoms with E-state index < -0.39 is 11.8 Å². The van der Waals surface area contributed by atoms with Gasteiger partial charge in [0.15, 0.2) is 11.5 Å². The first-order valence-electron chi connectivity index (χ1n) is 8.89. The van der Waals surface area contributed by atoms with Gasteiger partial charge in [0.25, 0.3) is 11.8 Å². The Morgan fingerprint density at radius 1 is 1.10 bits per heavy atom. The van der Waals surface area contributed by atoms with Gasteiger partial charge in [-0.1, -0.05) is 24.3 Å². The highest BCUT2D eigenvalue weighted by molar-refractivity contribution is 7.10. The van der Waals surface area contributed by atoms with E-state index in [1.165, 1.54) is 30.7 Å². The molecule has 7 nitrogen and oxygen atoms in total. The summed E-state index contributed by atoms with van der Waals surface area (Å²) < 4.78 is 4.99. The Hall–Kier alpha value is -3.91. The van der Waals surface area contributed by atoms with Crippen molar-refractivity contribution in [2.45, 2.75) is 0 Å². The molecule has 1 aromatic heterocycles. The number of thiophene rings is 1. The quantitative estimate of drug-likeness (QED) is 0.309. The number of benzene rings is 2. The lowest BCUT2D eigenvalue weighted by Crippen LogP contribution is -2.32. The second-order valence-electron chi connectivity index (χ2n) is 6.02. The van der Waals surface area contributed by atoms with E-state index in [2.05, 4.69) is 15.8 Å². The number of nitrogens with one attached hydrogen (secondary N) is 2. The number of hydrogen-bond donors (Lipinski definition) is 3. The van der Waals surface area contributed by atoms with E-state index in [-0.39, 0.29) is 11.4 Å². The standard InChI is InChI=1S/C22H19N3O4S/c1-29-20-10-9-15(12-19(20)26)14-23-25-22(28)18(13-17-8-5-11-30-17)24-21(27)16-6-3-2-4-7-16/h2-14,26H,1H3,(H,24,27)(H,25,28)/b18-13+,23-14+. The molecule has 0 spiro atoms. The lowest BCUT2D eigenvalue weighted by Gasteiger charge is -2.08. The zero-order valence-corrected chi connectivity index (χ0v) is 16.8.